The number of alkyl halides is 3. The van der Waals surface area contributed by atoms with Crippen LogP contribution in [-0.2, 0) is 23.9 Å². The van der Waals surface area contributed by atoms with Gasteiger partial charge in [-0.3, -0.25) is 9.48 Å². The maximum absolute atomic E-state index is 12.9. The summed E-state index contributed by atoms with van der Waals surface area (Å²) in [4.78, 5) is 18.6. The molecule has 164 valence electrons. The number of morpholine rings is 1. The summed E-state index contributed by atoms with van der Waals surface area (Å²) in [7, 11) is 0. The molecule has 1 saturated heterocycles. The van der Waals surface area contributed by atoms with E-state index in [1.54, 1.807) is 27.9 Å². The summed E-state index contributed by atoms with van der Waals surface area (Å²) < 4.78 is 51.3. The summed E-state index contributed by atoms with van der Waals surface area (Å²) in [5.74, 6) is 0.200. The first-order valence-corrected chi connectivity index (χ1v) is 9.76. The van der Waals surface area contributed by atoms with Crippen LogP contribution in [0.3, 0.4) is 0 Å². The minimum atomic E-state index is -4.42. The highest BCUT2D eigenvalue weighted by Crippen LogP contribution is 2.30. The molecule has 3 heterocycles. The molecule has 0 aliphatic carbocycles. The van der Waals surface area contributed by atoms with E-state index >= 15 is 0 Å². The number of carbonyl (C=O) groups is 1. The lowest BCUT2D eigenvalue weighted by atomic mass is 10.1. The Balaban J connectivity index is 1.43. The fourth-order valence-corrected chi connectivity index (χ4v) is 3.31. The van der Waals surface area contributed by atoms with Crippen molar-refractivity contribution >= 4 is 5.91 Å². The zero-order valence-corrected chi connectivity index (χ0v) is 16.7. The minimum absolute atomic E-state index is 0.0806. The zero-order valence-electron chi connectivity index (χ0n) is 16.7. The van der Waals surface area contributed by atoms with Crippen LogP contribution in [0.4, 0.5) is 13.2 Å². The lowest BCUT2D eigenvalue weighted by molar-refractivity contribution is -0.137. The van der Waals surface area contributed by atoms with E-state index < -0.39 is 17.8 Å². The second-order valence-corrected chi connectivity index (χ2v) is 7.09. The highest BCUT2D eigenvalue weighted by Gasteiger charge is 2.32. The third-order valence-corrected chi connectivity index (χ3v) is 4.91. The smallest absolute Gasteiger partial charge is 0.365 e. The lowest BCUT2D eigenvalue weighted by Crippen LogP contribution is -2.42. The number of hydrogen-bond acceptors (Lipinski definition) is 6. The highest BCUT2D eigenvalue weighted by molar-refractivity contribution is 5.92. The van der Waals surface area contributed by atoms with Crippen LogP contribution in [0.2, 0.25) is 0 Å². The molecule has 1 amide bonds. The molecule has 0 radical (unpaired) electrons. The SMILES string of the molecule is CCn1ccc(C(=O)N2CCO[C@@H](c3nc(Cc4cccc(C(F)(F)F)c4)no3)C2)n1. The first-order chi connectivity index (χ1) is 14.8. The summed E-state index contributed by atoms with van der Waals surface area (Å²) >= 11 is 0. The number of benzene rings is 1. The van der Waals surface area contributed by atoms with Gasteiger partial charge in [0.05, 0.1) is 18.7 Å². The second-order valence-electron chi connectivity index (χ2n) is 7.09. The van der Waals surface area contributed by atoms with E-state index in [-0.39, 0.29) is 37.2 Å². The Morgan fingerprint density at radius 1 is 1.29 bits per heavy atom. The standard InChI is InChI=1S/C20H20F3N5O3/c1-2-28-7-6-15(25-28)19(29)27-8-9-30-16(12-27)18-24-17(26-31-18)11-13-4-3-5-14(10-13)20(21,22)23/h3-7,10,16H,2,8-9,11-12H2,1H3/t16-/m1/s1. The Hall–Kier alpha value is -3.21. The van der Waals surface area contributed by atoms with Crippen molar-refractivity contribution in [1.82, 2.24) is 24.8 Å². The summed E-state index contributed by atoms with van der Waals surface area (Å²) in [6, 6.07) is 6.64. The molecule has 0 bridgehead atoms. The van der Waals surface area contributed by atoms with Crippen molar-refractivity contribution in [1.29, 1.82) is 0 Å². The largest absolute Gasteiger partial charge is 0.416 e. The minimum Gasteiger partial charge on any atom is -0.365 e. The van der Waals surface area contributed by atoms with Gasteiger partial charge in [-0.1, -0.05) is 23.4 Å². The fraction of sp³-hybridized carbons (Fsp3) is 0.400. The van der Waals surface area contributed by atoms with Gasteiger partial charge in [-0.25, -0.2) is 0 Å². The van der Waals surface area contributed by atoms with Gasteiger partial charge in [-0.2, -0.15) is 23.3 Å². The van der Waals surface area contributed by atoms with Gasteiger partial charge in [-0.15, -0.1) is 0 Å². The van der Waals surface area contributed by atoms with Crippen LogP contribution in [-0.4, -0.2) is 50.4 Å². The predicted molar refractivity (Wildman–Crippen MR) is 101 cm³/mol. The molecule has 31 heavy (non-hydrogen) atoms. The van der Waals surface area contributed by atoms with Gasteiger partial charge in [-0.05, 0) is 24.6 Å². The van der Waals surface area contributed by atoms with E-state index in [1.807, 2.05) is 6.92 Å². The molecule has 11 heteroatoms. The van der Waals surface area contributed by atoms with E-state index in [1.165, 1.54) is 6.07 Å². The van der Waals surface area contributed by atoms with Gasteiger partial charge in [0.15, 0.2) is 11.9 Å². The van der Waals surface area contributed by atoms with Gasteiger partial charge in [0, 0.05) is 25.7 Å². The molecule has 8 nitrogen and oxygen atoms in total. The molecular formula is C20H20F3N5O3. The van der Waals surface area contributed by atoms with Crippen LogP contribution in [0, 0.1) is 0 Å². The lowest BCUT2D eigenvalue weighted by Gasteiger charge is -2.30. The number of halogens is 3. The normalized spacial score (nSPS) is 17.2. The van der Waals surface area contributed by atoms with Crippen LogP contribution in [0.25, 0.3) is 0 Å². The van der Waals surface area contributed by atoms with Gasteiger partial charge in [0.25, 0.3) is 11.8 Å². The third-order valence-electron chi connectivity index (χ3n) is 4.91. The van der Waals surface area contributed by atoms with E-state index in [4.69, 9.17) is 9.26 Å². The Bertz CT molecular complexity index is 1060. The molecule has 1 aliphatic rings. The Morgan fingerprint density at radius 2 is 2.13 bits per heavy atom. The first-order valence-electron chi connectivity index (χ1n) is 9.76. The van der Waals surface area contributed by atoms with Crippen molar-refractivity contribution < 1.29 is 27.2 Å². The van der Waals surface area contributed by atoms with Crippen molar-refractivity contribution in [3.8, 4) is 0 Å². The Labute approximate surface area is 175 Å². The van der Waals surface area contributed by atoms with E-state index in [0.29, 0.717) is 24.3 Å². The van der Waals surface area contributed by atoms with Gasteiger partial charge in [0.1, 0.15) is 5.69 Å². The molecule has 3 aromatic rings. The molecule has 0 saturated carbocycles. The number of rotatable bonds is 5. The molecule has 0 N–H and O–H groups in total. The Morgan fingerprint density at radius 3 is 2.87 bits per heavy atom. The van der Waals surface area contributed by atoms with Crippen LogP contribution in [0.1, 0.15) is 46.4 Å². The molecule has 2 aromatic heterocycles. The highest BCUT2D eigenvalue weighted by atomic mass is 19.4. The van der Waals surface area contributed by atoms with Gasteiger partial charge >= 0.3 is 6.18 Å². The topological polar surface area (TPSA) is 86.3 Å². The summed E-state index contributed by atoms with van der Waals surface area (Å²) in [5.41, 5.74) is 0.0253. The summed E-state index contributed by atoms with van der Waals surface area (Å²) in [5, 5.41) is 8.08. The molecule has 1 aromatic carbocycles. The average Bonchev–Trinajstić information content (AvgIpc) is 3.43. The van der Waals surface area contributed by atoms with Crippen LogP contribution < -0.4 is 0 Å². The van der Waals surface area contributed by atoms with Gasteiger partial charge in [0.2, 0.25) is 0 Å². The van der Waals surface area contributed by atoms with E-state index in [9.17, 15) is 18.0 Å². The molecule has 0 unspecified atom stereocenters. The van der Waals surface area contributed by atoms with Crippen LogP contribution in [0.15, 0.2) is 41.1 Å². The maximum Gasteiger partial charge on any atom is 0.416 e. The molecule has 1 aliphatic heterocycles. The van der Waals surface area contributed by atoms with Crippen molar-refractivity contribution in [2.75, 3.05) is 19.7 Å². The monoisotopic (exact) mass is 435 g/mol. The van der Waals surface area contributed by atoms with Crippen molar-refractivity contribution in [3.63, 3.8) is 0 Å². The molecular weight excluding hydrogens is 415 g/mol. The number of aromatic nitrogens is 4. The Kier molecular flexibility index (Phi) is 5.77. The number of ether oxygens (including phenoxy) is 1. The molecule has 4 rings (SSSR count). The predicted octanol–water partition coefficient (Wildman–Crippen LogP) is 3.11. The maximum atomic E-state index is 12.9. The summed E-state index contributed by atoms with van der Waals surface area (Å²) in [6.07, 6.45) is -3.22. The van der Waals surface area contributed by atoms with Gasteiger partial charge < -0.3 is 14.2 Å². The van der Waals surface area contributed by atoms with Crippen molar-refractivity contribution in [2.45, 2.75) is 32.2 Å². The third kappa shape index (κ3) is 4.76. The number of carbonyl (C=O) groups excluding carboxylic acids is 1. The molecule has 1 fully saturated rings. The van der Waals surface area contributed by atoms with E-state index in [2.05, 4.69) is 15.2 Å². The fourth-order valence-electron chi connectivity index (χ4n) is 3.31. The second kappa shape index (κ2) is 8.50. The zero-order chi connectivity index (χ0) is 22.0. The van der Waals surface area contributed by atoms with E-state index in [0.717, 1.165) is 12.1 Å². The molecule has 0 spiro atoms. The van der Waals surface area contributed by atoms with Crippen molar-refractivity contribution in [2.24, 2.45) is 0 Å². The number of aryl methyl sites for hydroxylation is 1. The quantitative estimate of drug-likeness (QED) is 0.612. The number of nitrogens with zero attached hydrogens (tertiary/aromatic N) is 5. The molecule has 1 atom stereocenters. The van der Waals surface area contributed by atoms with Crippen LogP contribution >= 0.6 is 0 Å². The first kappa shape index (κ1) is 21.0. The number of hydrogen-bond donors (Lipinski definition) is 0. The van der Waals surface area contributed by atoms with Crippen LogP contribution in [0.5, 0.6) is 0 Å². The number of amides is 1. The average molecular weight is 435 g/mol. The van der Waals surface area contributed by atoms with Crippen molar-refractivity contribution in [3.05, 3.63) is 65.1 Å². The summed E-state index contributed by atoms with van der Waals surface area (Å²) in [6.45, 7) is 3.49.